The average Bonchev–Trinajstić information content (AvgIpc) is 2.69. The number of benzene rings is 2. The average molecular weight is 374 g/mol. The van der Waals surface area contributed by atoms with Gasteiger partial charge in [-0.1, -0.05) is 12.1 Å². The highest BCUT2D eigenvalue weighted by molar-refractivity contribution is 7.97. The number of nitrogens with zero attached hydrogens (tertiary/aromatic N) is 3. The summed E-state index contributed by atoms with van der Waals surface area (Å²) >= 11 is 1.57. The van der Waals surface area contributed by atoms with E-state index in [0.29, 0.717) is 0 Å². The number of aromatic nitrogens is 3. The lowest BCUT2D eigenvalue weighted by molar-refractivity contribution is 1.17. The normalized spacial score (nSPS) is 10.7. The Bertz CT molecular complexity index is 1070. The van der Waals surface area contributed by atoms with Crippen molar-refractivity contribution in [2.75, 3.05) is 17.7 Å². The minimum Gasteiger partial charge on any atom is -0.340 e. The predicted octanol–water partition coefficient (Wildman–Crippen LogP) is 4.74. The fourth-order valence-electron chi connectivity index (χ4n) is 2.70. The van der Waals surface area contributed by atoms with E-state index in [1.165, 1.54) is 0 Å². The summed E-state index contributed by atoms with van der Waals surface area (Å²) in [4.78, 5) is 14.1. The molecule has 2 heterocycles. The number of fused-ring (bicyclic) bond motifs is 1. The third-order valence-corrected chi connectivity index (χ3v) is 4.56. The molecule has 4 rings (SSSR count). The van der Waals surface area contributed by atoms with Crippen molar-refractivity contribution < 1.29 is 0 Å². The van der Waals surface area contributed by atoms with Gasteiger partial charge in [0.1, 0.15) is 18.0 Å². The Balaban J connectivity index is 1.52. The van der Waals surface area contributed by atoms with Gasteiger partial charge < -0.3 is 10.6 Å². The summed E-state index contributed by atoms with van der Waals surface area (Å²) < 4.78 is 3.07. The first kappa shape index (κ1) is 17.3. The van der Waals surface area contributed by atoms with Gasteiger partial charge >= 0.3 is 0 Å². The van der Waals surface area contributed by atoms with Crippen LogP contribution in [-0.2, 0) is 0 Å². The molecule has 0 unspecified atom stereocenters. The second-order valence-electron chi connectivity index (χ2n) is 5.78. The van der Waals surface area contributed by atoms with E-state index in [1.807, 2.05) is 55.6 Å². The van der Waals surface area contributed by atoms with Crippen LogP contribution in [0.4, 0.5) is 23.0 Å². The van der Waals surface area contributed by atoms with E-state index in [-0.39, 0.29) is 0 Å². The molecule has 6 nitrogen and oxygen atoms in total. The monoisotopic (exact) mass is 374 g/mol. The van der Waals surface area contributed by atoms with E-state index in [2.05, 4.69) is 42.4 Å². The summed E-state index contributed by atoms with van der Waals surface area (Å²) in [6, 6.07) is 20.0. The Morgan fingerprint density at radius 1 is 0.778 bits per heavy atom. The maximum Gasteiger partial charge on any atom is 0.135 e. The van der Waals surface area contributed by atoms with Gasteiger partial charge in [-0.25, -0.2) is 9.97 Å². The maximum absolute atomic E-state index is 4.34. The summed E-state index contributed by atoms with van der Waals surface area (Å²) in [5, 5.41) is 7.71. The molecule has 2 aromatic heterocycles. The van der Waals surface area contributed by atoms with E-state index in [1.54, 1.807) is 24.5 Å². The van der Waals surface area contributed by atoms with Crippen LogP contribution >= 0.6 is 11.9 Å². The molecule has 0 saturated heterocycles. The Hall–Kier alpha value is -3.16. The molecule has 0 atom stereocenters. The molecule has 0 aliphatic carbocycles. The summed E-state index contributed by atoms with van der Waals surface area (Å²) in [6.45, 7) is 0. The topological polar surface area (TPSA) is 74.8 Å². The van der Waals surface area contributed by atoms with Crippen LogP contribution in [-0.4, -0.2) is 22.0 Å². The highest BCUT2D eigenvalue weighted by Gasteiger charge is 2.03. The fraction of sp³-hybridized carbons (Fsp3) is 0.0500. The zero-order valence-electron chi connectivity index (χ0n) is 14.7. The molecule has 3 N–H and O–H groups in total. The maximum atomic E-state index is 4.34. The first-order chi connectivity index (χ1) is 13.3. The SMILES string of the molecule is CNSc1cccc(Nc2cc(Nc3ccc4ncccc4c3)ncn2)c1. The lowest BCUT2D eigenvalue weighted by atomic mass is 10.2. The highest BCUT2D eigenvalue weighted by atomic mass is 32.2. The van der Waals surface area contributed by atoms with E-state index < -0.39 is 0 Å². The van der Waals surface area contributed by atoms with Crippen LogP contribution in [0, 0.1) is 0 Å². The van der Waals surface area contributed by atoms with Crippen molar-refractivity contribution in [3.05, 3.63) is 73.2 Å². The van der Waals surface area contributed by atoms with Crippen molar-refractivity contribution in [1.29, 1.82) is 0 Å². The van der Waals surface area contributed by atoms with Crippen molar-refractivity contribution in [1.82, 2.24) is 19.7 Å². The highest BCUT2D eigenvalue weighted by Crippen LogP contribution is 2.24. The van der Waals surface area contributed by atoms with Gasteiger partial charge in [-0.2, -0.15) is 0 Å². The number of rotatable bonds is 6. The molecule has 0 radical (unpaired) electrons. The van der Waals surface area contributed by atoms with E-state index in [4.69, 9.17) is 0 Å². The molecule has 0 saturated carbocycles. The largest absolute Gasteiger partial charge is 0.340 e. The summed E-state index contributed by atoms with van der Waals surface area (Å²) in [5.74, 6) is 1.44. The minimum absolute atomic E-state index is 0.719. The van der Waals surface area contributed by atoms with E-state index >= 15 is 0 Å². The Morgan fingerprint density at radius 3 is 2.41 bits per heavy atom. The Morgan fingerprint density at radius 2 is 1.59 bits per heavy atom. The number of hydrogen-bond acceptors (Lipinski definition) is 7. The quantitative estimate of drug-likeness (QED) is 0.421. The molecule has 0 fully saturated rings. The zero-order chi connectivity index (χ0) is 18.5. The van der Waals surface area contributed by atoms with Crippen molar-refractivity contribution in [3.63, 3.8) is 0 Å². The van der Waals surface area contributed by atoms with E-state index in [0.717, 1.165) is 38.8 Å². The van der Waals surface area contributed by atoms with Crippen LogP contribution < -0.4 is 15.4 Å². The molecule has 134 valence electrons. The van der Waals surface area contributed by atoms with Gasteiger partial charge in [0.25, 0.3) is 0 Å². The van der Waals surface area contributed by atoms with Gasteiger partial charge in [-0.05, 0) is 61.5 Å². The van der Waals surface area contributed by atoms with Gasteiger partial charge in [-0.15, -0.1) is 0 Å². The van der Waals surface area contributed by atoms with Gasteiger partial charge in [0, 0.05) is 33.9 Å². The van der Waals surface area contributed by atoms with Crippen molar-refractivity contribution in [3.8, 4) is 0 Å². The third-order valence-electron chi connectivity index (χ3n) is 3.87. The molecule has 4 aromatic rings. The molecule has 0 aliphatic heterocycles. The lowest BCUT2D eigenvalue weighted by Crippen LogP contribution is -1.99. The smallest absolute Gasteiger partial charge is 0.135 e. The zero-order valence-corrected chi connectivity index (χ0v) is 15.5. The number of nitrogens with one attached hydrogen (secondary N) is 3. The summed E-state index contributed by atoms with van der Waals surface area (Å²) in [7, 11) is 1.90. The van der Waals surface area contributed by atoms with E-state index in [9.17, 15) is 0 Å². The van der Waals surface area contributed by atoms with Gasteiger partial charge in [0.15, 0.2) is 0 Å². The third kappa shape index (κ3) is 4.33. The van der Waals surface area contributed by atoms with Crippen LogP contribution in [0.2, 0.25) is 0 Å². The summed E-state index contributed by atoms with van der Waals surface area (Å²) in [5.41, 5.74) is 2.89. The standard InChI is InChI=1S/C20H18N6S/c1-21-27-17-6-2-5-15(11-17)25-19-12-20(24-13-23-19)26-16-7-8-18-14(10-16)4-3-9-22-18/h2-13,21H,1H3,(H2,23,24,25,26). The first-order valence-electron chi connectivity index (χ1n) is 8.45. The first-order valence-corrected chi connectivity index (χ1v) is 9.26. The van der Waals surface area contributed by atoms with Crippen LogP contribution in [0.5, 0.6) is 0 Å². The van der Waals surface area contributed by atoms with Crippen LogP contribution in [0.25, 0.3) is 10.9 Å². The fourth-order valence-corrected chi connectivity index (χ4v) is 3.27. The van der Waals surface area contributed by atoms with Crippen LogP contribution in [0.1, 0.15) is 0 Å². The van der Waals surface area contributed by atoms with Gasteiger partial charge in [0.05, 0.1) is 5.52 Å². The number of pyridine rings is 1. The molecule has 7 heteroatoms. The second kappa shape index (κ2) is 8.03. The second-order valence-corrected chi connectivity index (χ2v) is 6.87. The summed E-state index contributed by atoms with van der Waals surface area (Å²) in [6.07, 6.45) is 3.33. The molecule has 0 aliphatic rings. The van der Waals surface area contributed by atoms with Crippen molar-refractivity contribution in [2.24, 2.45) is 0 Å². The molecular formula is C20H18N6S. The van der Waals surface area contributed by atoms with Gasteiger partial charge in [-0.3, -0.25) is 9.71 Å². The Kier molecular flexibility index (Phi) is 5.13. The van der Waals surface area contributed by atoms with Crippen LogP contribution in [0.3, 0.4) is 0 Å². The molecule has 27 heavy (non-hydrogen) atoms. The van der Waals surface area contributed by atoms with Gasteiger partial charge in [0.2, 0.25) is 0 Å². The van der Waals surface area contributed by atoms with Crippen molar-refractivity contribution >= 4 is 45.9 Å². The van der Waals surface area contributed by atoms with Crippen molar-refractivity contribution in [2.45, 2.75) is 4.90 Å². The Labute approximate surface area is 161 Å². The molecule has 0 bridgehead atoms. The number of hydrogen-bond donors (Lipinski definition) is 3. The number of anilines is 4. The molecule has 2 aromatic carbocycles. The lowest BCUT2D eigenvalue weighted by Gasteiger charge is -2.10. The molecule has 0 spiro atoms. The van der Waals surface area contributed by atoms with Crippen LogP contribution in [0.15, 0.2) is 78.1 Å². The molecule has 0 amide bonds. The predicted molar refractivity (Wildman–Crippen MR) is 112 cm³/mol. The minimum atomic E-state index is 0.719. The molecular weight excluding hydrogens is 356 g/mol.